The summed E-state index contributed by atoms with van der Waals surface area (Å²) in [6.45, 7) is 2.18. The molecule has 194 valence electrons. The predicted molar refractivity (Wildman–Crippen MR) is 129 cm³/mol. The Morgan fingerprint density at radius 1 is 1.33 bits per heavy atom. The van der Waals surface area contributed by atoms with Gasteiger partial charge in [-0.25, -0.2) is 8.78 Å². The summed E-state index contributed by atoms with van der Waals surface area (Å²) in [5, 5.41) is 18.4. The molecule has 3 heterocycles. The minimum atomic E-state index is -3.10. The molecule has 1 saturated carbocycles. The van der Waals surface area contributed by atoms with E-state index in [1.54, 1.807) is 31.2 Å². The van der Waals surface area contributed by atoms with Gasteiger partial charge in [0.1, 0.15) is 18.1 Å². The number of amides is 3. The van der Waals surface area contributed by atoms with Gasteiger partial charge in [-0.1, -0.05) is 17.7 Å². The summed E-state index contributed by atoms with van der Waals surface area (Å²) < 4.78 is 29.8. The summed E-state index contributed by atoms with van der Waals surface area (Å²) in [5.41, 5.74) is 0.590. The van der Waals surface area contributed by atoms with E-state index in [1.807, 2.05) is 6.07 Å². The van der Waals surface area contributed by atoms with Crippen molar-refractivity contribution >= 4 is 35.0 Å². The molecule has 3 amide bonds. The molecule has 8 nitrogen and oxygen atoms in total. The van der Waals surface area contributed by atoms with Crippen molar-refractivity contribution in [3.8, 4) is 6.07 Å². The van der Waals surface area contributed by atoms with Crippen molar-refractivity contribution in [2.45, 2.75) is 75.5 Å². The van der Waals surface area contributed by atoms with Gasteiger partial charge in [0.05, 0.1) is 12.0 Å². The van der Waals surface area contributed by atoms with Gasteiger partial charge in [-0.05, 0) is 57.2 Å². The highest BCUT2D eigenvalue weighted by Gasteiger charge is 2.60. The van der Waals surface area contributed by atoms with Gasteiger partial charge in [-0.15, -0.1) is 0 Å². The highest BCUT2D eigenvalue weighted by molar-refractivity contribution is 6.30. The minimum Gasteiger partial charge on any atom is -0.374 e. The van der Waals surface area contributed by atoms with Crippen LogP contribution in [-0.2, 0) is 14.4 Å². The van der Waals surface area contributed by atoms with Crippen molar-refractivity contribution in [3.05, 3.63) is 29.3 Å². The average Bonchev–Trinajstić information content (AvgIpc) is 2.83. The zero-order valence-corrected chi connectivity index (χ0v) is 20.7. The van der Waals surface area contributed by atoms with Gasteiger partial charge in [0.25, 0.3) is 5.92 Å². The Morgan fingerprint density at radius 2 is 2.11 bits per heavy atom. The molecule has 4 aliphatic rings. The van der Waals surface area contributed by atoms with Crippen LogP contribution in [0.25, 0.3) is 0 Å². The molecular weight excluding hydrogens is 492 g/mol. The number of anilines is 1. The summed E-state index contributed by atoms with van der Waals surface area (Å²) in [4.78, 5) is 40.3. The molecule has 0 spiro atoms. The smallest absolute Gasteiger partial charge is 0.255 e. The van der Waals surface area contributed by atoms with Crippen LogP contribution in [0.3, 0.4) is 0 Å². The molecule has 4 fully saturated rings. The third kappa shape index (κ3) is 5.41. The SMILES string of the molecule is C[C@H](Nc1cccc(Cl)c1)C(=O)N1[C@@H]2CC[C@H]([C@H]1C(=O)N[C@H](C#N)C[C@@H]1CCCNC1=O)C(F)(F)C2. The molecule has 3 aliphatic heterocycles. The van der Waals surface area contributed by atoms with Crippen LogP contribution in [-0.4, -0.2) is 59.3 Å². The summed E-state index contributed by atoms with van der Waals surface area (Å²) in [6, 6.07) is 4.74. The van der Waals surface area contributed by atoms with E-state index in [2.05, 4.69) is 16.0 Å². The Morgan fingerprint density at radius 3 is 2.78 bits per heavy atom. The number of fused-ring (bicyclic) bond motifs is 3. The maximum absolute atomic E-state index is 14.9. The third-order valence-electron chi connectivity index (χ3n) is 7.43. The second-order valence-corrected chi connectivity index (χ2v) is 10.4. The van der Waals surface area contributed by atoms with Gasteiger partial charge in [-0.2, -0.15) is 5.26 Å². The van der Waals surface area contributed by atoms with Crippen LogP contribution in [0.2, 0.25) is 5.02 Å². The average molecular weight is 522 g/mol. The first-order chi connectivity index (χ1) is 17.1. The van der Waals surface area contributed by atoms with Crippen LogP contribution < -0.4 is 16.0 Å². The van der Waals surface area contributed by atoms with E-state index in [1.165, 1.54) is 4.90 Å². The normalized spacial score (nSPS) is 28.4. The summed E-state index contributed by atoms with van der Waals surface area (Å²) >= 11 is 6.02. The molecule has 0 radical (unpaired) electrons. The number of rotatable bonds is 7. The Balaban J connectivity index is 1.52. The Labute approximate surface area is 213 Å². The number of nitrogens with one attached hydrogen (secondary N) is 3. The molecule has 11 heteroatoms. The maximum Gasteiger partial charge on any atom is 0.255 e. The molecule has 0 unspecified atom stereocenters. The molecule has 1 aromatic rings. The van der Waals surface area contributed by atoms with Crippen LogP contribution in [0.1, 0.15) is 45.4 Å². The number of carbonyl (C=O) groups excluding carboxylic acids is 3. The van der Waals surface area contributed by atoms with Crippen LogP contribution >= 0.6 is 11.6 Å². The van der Waals surface area contributed by atoms with Crippen LogP contribution in [0.5, 0.6) is 0 Å². The summed E-state index contributed by atoms with van der Waals surface area (Å²) in [5.74, 6) is -6.32. The van der Waals surface area contributed by atoms with Gasteiger partial charge < -0.3 is 20.9 Å². The Hall–Kier alpha value is -2.93. The largest absolute Gasteiger partial charge is 0.374 e. The van der Waals surface area contributed by atoms with E-state index in [0.29, 0.717) is 30.1 Å². The Kier molecular flexibility index (Phi) is 7.69. The van der Waals surface area contributed by atoms with Crippen molar-refractivity contribution in [2.75, 3.05) is 11.9 Å². The molecule has 6 atom stereocenters. The molecule has 1 aliphatic carbocycles. The topological polar surface area (TPSA) is 114 Å². The van der Waals surface area contributed by atoms with Crippen molar-refractivity contribution in [1.29, 1.82) is 5.26 Å². The number of nitriles is 1. The van der Waals surface area contributed by atoms with Crippen molar-refractivity contribution in [3.63, 3.8) is 0 Å². The minimum absolute atomic E-state index is 0.0892. The maximum atomic E-state index is 14.9. The first kappa shape index (κ1) is 26.1. The van der Waals surface area contributed by atoms with Gasteiger partial charge in [0, 0.05) is 35.6 Å². The number of nitrogens with zero attached hydrogens (tertiary/aromatic N) is 2. The molecule has 36 heavy (non-hydrogen) atoms. The fourth-order valence-electron chi connectivity index (χ4n) is 5.68. The zero-order valence-electron chi connectivity index (χ0n) is 20.0. The third-order valence-corrected chi connectivity index (χ3v) is 7.66. The highest BCUT2D eigenvalue weighted by atomic mass is 35.5. The lowest BCUT2D eigenvalue weighted by atomic mass is 9.71. The predicted octanol–water partition coefficient (Wildman–Crippen LogP) is 3.08. The number of hydrogen-bond donors (Lipinski definition) is 3. The molecule has 3 saturated heterocycles. The fourth-order valence-corrected chi connectivity index (χ4v) is 5.87. The van der Waals surface area contributed by atoms with Crippen molar-refractivity contribution < 1.29 is 23.2 Å². The molecular formula is C25H30ClF2N5O3. The highest BCUT2D eigenvalue weighted by Crippen LogP contribution is 2.49. The van der Waals surface area contributed by atoms with Gasteiger partial charge in [-0.3, -0.25) is 14.4 Å². The second kappa shape index (κ2) is 10.6. The fraction of sp³-hybridized carbons (Fsp3) is 0.600. The monoisotopic (exact) mass is 521 g/mol. The van der Waals surface area contributed by atoms with Gasteiger partial charge in [0.2, 0.25) is 17.7 Å². The van der Waals surface area contributed by atoms with E-state index < -0.39 is 60.2 Å². The number of hydrogen-bond acceptors (Lipinski definition) is 5. The van der Waals surface area contributed by atoms with Crippen LogP contribution in [0.15, 0.2) is 24.3 Å². The first-order valence-electron chi connectivity index (χ1n) is 12.3. The summed E-state index contributed by atoms with van der Waals surface area (Å²) in [7, 11) is 0. The number of carbonyl (C=O) groups is 3. The summed E-state index contributed by atoms with van der Waals surface area (Å²) in [6.07, 6.45) is 1.43. The number of halogens is 3. The van der Waals surface area contributed by atoms with E-state index in [4.69, 9.17) is 11.6 Å². The first-order valence-corrected chi connectivity index (χ1v) is 12.7. The van der Waals surface area contributed by atoms with Crippen molar-refractivity contribution in [2.24, 2.45) is 11.8 Å². The molecule has 2 bridgehead atoms. The lowest BCUT2D eigenvalue weighted by Gasteiger charge is -2.54. The second-order valence-electron chi connectivity index (χ2n) is 9.93. The van der Waals surface area contributed by atoms with E-state index in [0.717, 1.165) is 6.42 Å². The standard InChI is InChI=1S/C25H30ClF2N5O3/c1-14(31-17-6-2-5-16(26)11-17)24(36)33-19-7-8-20(25(27,28)12-19)21(33)23(35)32-18(13-29)10-15-4-3-9-30-22(15)34/h2,5-6,11,14-15,18-21,31H,3-4,7-10,12H2,1H3,(H,30,34)(H,32,35)/t14-,15-,18-,19+,20+,21-/m0/s1. The van der Waals surface area contributed by atoms with Crippen LogP contribution in [0.4, 0.5) is 14.5 Å². The van der Waals surface area contributed by atoms with Gasteiger partial charge in [0.15, 0.2) is 0 Å². The van der Waals surface area contributed by atoms with E-state index in [-0.39, 0.29) is 18.7 Å². The zero-order chi connectivity index (χ0) is 26.0. The van der Waals surface area contributed by atoms with E-state index in [9.17, 15) is 28.4 Å². The lowest BCUT2D eigenvalue weighted by molar-refractivity contribution is -0.194. The lowest BCUT2D eigenvalue weighted by Crippen LogP contribution is -2.70. The number of alkyl halides is 2. The Bertz CT molecular complexity index is 1060. The van der Waals surface area contributed by atoms with Crippen molar-refractivity contribution in [1.82, 2.24) is 15.5 Å². The van der Waals surface area contributed by atoms with E-state index >= 15 is 0 Å². The molecule has 3 N–H and O–H groups in total. The number of piperidine rings is 3. The number of benzene rings is 1. The van der Waals surface area contributed by atoms with Crippen LogP contribution in [0, 0.1) is 23.2 Å². The molecule has 5 rings (SSSR count). The molecule has 1 aromatic carbocycles. The quantitative estimate of drug-likeness (QED) is 0.510. The van der Waals surface area contributed by atoms with Gasteiger partial charge >= 0.3 is 0 Å². The molecule has 0 aromatic heterocycles.